The van der Waals surface area contributed by atoms with E-state index in [9.17, 15) is 14.4 Å². The molecular formula is C27H29N3O4S. The van der Waals surface area contributed by atoms with Crippen LogP contribution in [0, 0.1) is 6.92 Å². The van der Waals surface area contributed by atoms with Gasteiger partial charge in [-0.25, -0.2) is 0 Å². The van der Waals surface area contributed by atoms with Crippen LogP contribution >= 0.6 is 11.3 Å². The summed E-state index contributed by atoms with van der Waals surface area (Å²) in [4.78, 5) is 41.6. The van der Waals surface area contributed by atoms with E-state index in [0.29, 0.717) is 29.3 Å². The first-order valence-electron chi connectivity index (χ1n) is 11.7. The van der Waals surface area contributed by atoms with Gasteiger partial charge in [0.25, 0.3) is 5.91 Å². The van der Waals surface area contributed by atoms with Crippen molar-refractivity contribution in [3.8, 4) is 0 Å². The minimum atomic E-state index is -0.911. The zero-order valence-corrected chi connectivity index (χ0v) is 20.4. The Morgan fingerprint density at radius 1 is 1.03 bits per heavy atom. The molecule has 1 aliphatic heterocycles. The number of hydrogen-bond acceptors (Lipinski definition) is 5. The zero-order chi connectivity index (χ0) is 24.6. The molecule has 0 aliphatic carbocycles. The van der Waals surface area contributed by atoms with Crippen LogP contribution in [0.4, 0.5) is 5.69 Å². The Hall–Kier alpha value is -3.49. The van der Waals surface area contributed by atoms with Crippen LogP contribution in [0.15, 0.2) is 72.1 Å². The molecule has 0 saturated carbocycles. The van der Waals surface area contributed by atoms with Crippen LogP contribution in [-0.4, -0.2) is 43.5 Å². The monoisotopic (exact) mass is 491 g/mol. The maximum atomic E-state index is 13.6. The molecule has 182 valence electrons. The first-order chi connectivity index (χ1) is 17.0. The second-order valence-corrected chi connectivity index (χ2v) is 9.40. The maximum absolute atomic E-state index is 13.6. The van der Waals surface area contributed by atoms with Crippen LogP contribution in [0.5, 0.6) is 0 Å². The normalized spacial score (nSPS) is 15.9. The number of carbonyl (C=O) groups is 3. The lowest BCUT2D eigenvalue weighted by atomic mass is 10.0. The number of ether oxygens (including phenoxy) is 1. The van der Waals surface area contributed by atoms with Gasteiger partial charge in [0.2, 0.25) is 11.8 Å². The van der Waals surface area contributed by atoms with E-state index in [0.717, 1.165) is 18.4 Å². The molecule has 0 radical (unpaired) electrons. The average molecular weight is 492 g/mol. The third kappa shape index (κ3) is 6.35. The molecule has 2 aromatic carbocycles. The third-order valence-electron chi connectivity index (χ3n) is 5.88. The van der Waals surface area contributed by atoms with Gasteiger partial charge in [0.1, 0.15) is 6.04 Å². The van der Waals surface area contributed by atoms with Crippen LogP contribution in [0.1, 0.15) is 39.7 Å². The number of benzene rings is 2. The Kier molecular flexibility index (Phi) is 8.28. The Morgan fingerprint density at radius 3 is 2.46 bits per heavy atom. The fraction of sp³-hybridized carbons (Fsp3) is 0.296. The number of amides is 3. The maximum Gasteiger partial charge on any atom is 0.261 e. The van der Waals surface area contributed by atoms with Gasteiger partial charge in [-0.15, -0.1) is 11.3 Å². The standard InChI is InChI=1S/C27H29N3O4S/c1-19-11-13-21(14-12-19)30(24(31)18-29-26(32)23-10-6-16-35-23)25(20-7-3-2-4-8-20)27(33)28-17-22-9-5-15-34-22/h2-4,6-8,10-14,16,22,25H,5,9,15,17-18H2,1H3,(H,28,33)(H,29,32). The van der Waals surface area contributed by atoms with E-state index in [1.54, 1.807) is 17.5 Å². The third-order valence-corrected chi connectivity index (χ3v) is 6.74. The van der Waals surface area contributed by atoms with Gasteiger partial charge in [-0.3, -0.25) is 19.3 Å². The van der Waals surface area contributed by atoms with Gasteiger partial charge in [-0.2, -0.15) is 0 Å². The zero-order valence-electron chi connectivity index (χ0n) is 19.6. The van der Waals surface area contributed by atoms with Crippen LogP contribution in [0.2, 0.25) is 0 Å². The van der Waals surface area contributed by atoms with Crippen molar-refractivity contribution in [2.75, 3.05) is 24.6 Å². The van der Waals surface area contributed by atoms with E-state index < -0.39 is 6.04 Å². The van der Waals surface area contributed by atoms with Crippen molar-refractivity contribution in [2.45, 2.75) is 31.9 Å². The number of anilines is 1. The van der Waals surface area contributed by atoms with Crippen molar-refractivity contribution in [1.29, 1.82) is 0 Å². The number of hydrogen-bond donors (Lipinski definition) is 2. The Bertz CT molecular complexity index is 1130. The molecular weight excluding hydrogens is 462 g/mol. The van der Waals surface area contributed by atoms with Crippen molar-refractivity contribution in [3.63, 3.8) is 0 Å². The van der Waals surface area contributed by atoms with E-state index in [1.165, 1.54) is 16.2 Å². The fourth-order valence-corrected chi connectivity index (χ4v) is 4.69. The van der Waals surface area contributed by atoms with Crippen molar-refractivity contribution < 1.29 is 19.1 Å². The molecule has 2 heterocycles. The number of aryl methyl sites for hydroxylation is 1. The fourth-order valence-electron chi connectivity index (χ4n) is 4.05. The van der Waals surface area contributed by atoms with Crippen LogP contribution in [-0.2, 0) is 14.3 Å². The molecule has 1 saturated heterocycles. The van der Waals surface area contributed by atoms with Crippen LogP contribution in [0.3, 0.4) is 0 Å². The lowest BCUT2D eigenvalue weighted by Crippen LogP contribution is -2.48. The molecule has 7 nitrogen and oxygen atoms in total. The number of nitrogens with one attached hydrogen (secondary N) is 2. The molecule has 3 aromatic rings. The van der Waals surface area contributed by atoms with E-state index >= 15 is 0 Å². The summed E-state index contributed by atoms with van der Waals surface area (Å²) in [6, 6.07) is 19.2. The molecule has 0 bridgehead atoms. The van der Waals surface area contributed by atoms with Gasteiger partial charge in [-0.1, -0.05) is 54.1 Å². The molecule has 3 amide bonds. The van der Waals surface area contributed by atoms with E-state index in [4.69, 9.17) is 4.74 Å². The number of rotatable bonds is 9. The summed E-state index contributed by atoms with van der Waals surface area (Å²) in [6.45, 7) is 2.79. The SMILES string of the molecule is Cc1ccc(N(C(=O)CNC(=O)c2cccs2)C(C(=O)NCC2CCCO2)c2ccccc2)cc1. The second kappa shape index (κ2) is 11.8. The first-order valence-corrected chi connectivity index (χ1v) is 12.6. The topological polar surface area (TPSA) is 87.7 Å². The summed E-state index contributed by atoms with van der Waals surface area (Å²) >= 11 is 1.30. The highest BCUT2D eigenvalue weighted by Crippen LogP contribution is 2.28. The highest BCUT2D eigenvalue weighted by molar-refractivity contribution is 7.12. The minimum absolute atomic E-state index is 0.0241. The molecule has 1 aliphatic rings. The molecule has 0 spiro atoms. The van der Waals surface area contributed by atoms with Gasteiger partial charge < -0.3 is 15.4 Å². The molecule has 35 heavy (non-hydrogen) atoms. The van der Waals surface area contributed by atoms with E-state index in [2.05, 4.69) is 10.6 Å². The quantitative estimate of drug-likeness (QED) is 0.476. The summed E-state index contributed by atoms with van der Waals surface area (Å²) in [5.74, 6) is -1.01. The first kappa shape index (κ1) is 24.6. The number of nitrogens with zero attached hydrogens (tertiary/aromatic N) is 1. The summed E-state index contributed by atoms with van der Waals surface area (Å²) < 4.78 is 5.65. The molecule has 2 atom stereocenters. The van der Waals surface area contributed by atoms with Crippen molar-refractivity contribution in [2.24, 2.45) is 0 Å². The molecule has 4 rings (SSSR count). The van der Waals surface area contributed by atoms with E-state index in [-0.39, 0.29) is 30.4 Å². The predicted octanol–water partition coefficient (Wildman–Crippen LogP) is 3.86. The van der Waals surface area contributed by atoms with Crippen LogP contribution in [0.25, 0.3) is 0 Å². The van der Waals surface area contributed by atoms with E-state index in [1.807, 2.05) is 61.5 Å². The van der Waals surface area contributed by atoms with Gasteiger partial charge in [0, 0.05) is 18.8 Å². The lowest BCUT2D eigenvalue weighted by molar-refractivity contribution is -0.126. The van der Waals surface area contributed by atoms with Gasteiger partial charge in [0.15, 0.2) is 0 Å². The van der Waals surface area contributed by atoms with Gasteiger partial charge in [0.05, 0.1) is 17.5 Å². The summed E-state index contributed by atoms with van der Waals surface area (Å²) in [5.41, 5.74) is 2.29. The Morgan fingerprint density at radius 2 is 1.80 bits per heavy atom. The van der Waals surface area contributed by atoms with Crippen molar-refractivity contribution in [3.05, 3.63) is 88.1 Å². The largest absolute Gasteiger partial charge is 0.376 e. The second-order valence-electron chi connectivity index (χ2n) is 8.45. The average Bonchev–Trinajstić information content (AvgIpc) is 3.60. The molecule has 1 fully saturated rings. The molecule has 2 N–H and O–H groups in total. The summed E-state index contributed by atoms with van der Waals surface area (Å²) in [5, 5.41) is 7.49. The lowest BCUT2D eigenvalue weighted by Gasteiger charge is -2.32. The molecule has 2 unspecified atom stereocenters. The number of thiophene rings is 1. The summed E-state index contributed by atoms with van der Waals surface area (Å²) in [7, 11) is 0. The number of carbonyl (C=O) groups excluding carboxylic acids is 3. The van der Waals surface area contributed by atoms with Crippen molar-refractivity contribution >= 4 is 34.7 Å². The van der Waals surface area contributed by atoms with Crippen LogP contribution < -0.4 is 15.5 Å². The molecule has 8 heteroatoms. The van der Waals surface area contributed by atoms with Gasteiger partial charge >= 0.3 is 0 Å². The Balaban J connectivity index is 1.62. The smallest absolute Gasteiger partial charge is 0.261 e. The highest BCUT2D eigenvalue weighted by atomic mass is 32.1. The molecule has 1 aromatic heterocycles. The Labute approximate surface area is 209 Å². The van der Waals surface area contributed by atoms with Crippen molar-refractivity contribution in [1.82, 2.24) is 10.6 Å². The summed E-state index contributed by atoms with van der Waals surface area (Å²) in [6.07, 6.45) is 1.84. The highest BCUT2D eigenvalue weighted by Gasteiger charge is 2.33. The van der Waals surface area contributed by atoms with Gasteiger partial charge in [-0.05, 0) is 48.9 Å². The predicted molar refractivity (Wildman–Crippen MR) is 136 cm³/mol. The minimum Gasteiger partial charge on any atom is -0.376 e.